The number of nitrogens with zero attached hydrogens (tertiary/aromatic N) is 1. The molecule has 5 nitrogen and oxygen atoms in total. The maximum absolute atomic E-state index is 14.0. The second kappa shape index (κ2) is 10.5. The Morgan fingerprint density at radius 3 is 2.70 bits per heavy atom. The monoisotopic (exact) mass is 621 g/mol. The van der Waals surface area contributed by atoms with Crippen LogP contribution in [0.2, 0.25) is 0 Å². The number of rotatable bonds is 7. The van der Waals surface area contributed by atoms with E-state index in [1.54, 1.807) is 24.3 Å². The number of aliphatic imine (C=N–C) groups is 1. The second-order valence-corrected chi connectivity index (χ2v) is 9.08. The van der Waals surface area contributed by atoms with E-state index in [0.29, 0.717) is 30.3 Å². The van der Waals surface area contributed by atoms with E-state index in [0.717, 1.165) is 13.6 Å². The smallest absolute Gasteiger partial charge is 0.363 e. The zero-order valence-corrected chi connectivity index (χ0v) is 21.2. The molecule has 0 fully saturated rings. The molecule has 0 radical (unpaired) electrons. The topological polar surface area (TPSA) is 57.1 Å². The molecular formula is C25H18BrFINO4. The van der Waals surface area contributed by atoms with E-state index in [-0.39, 0.29) is 17.2 Å². The molecule has 8 heteroatoms. The minimum Gasteiger partial charge on any atom is -0.490 e. The van der Waals surface area contributed by atoms with E-state index in [9.17, 15) is 9.18 Å². The van der Waals surface area contributed by atoms with Crippen LogP contribution in [0.25, 0.3) is 6.08 Å². The predicted molar refractivity (Wildman–Crippen MR) is 136 cm³/mol. The standard InChI is InChI=1S/C25H18BrFINO4/c1-2-31-22-13-16(11-20(28)23(22)32-14-15-6-5-7-17(26)10-15)12-21-25(30)33-24(29-21)18-8-3-4-9-19(18)27/h3-13H,2,14H2,1H3/b21-12-. The van der Waals surface area contributed by atoms with E-state index < -0.39 is 11.8 Å². The minimum absolute atomic E-state index is 0.0574. The maximum atomic E-state index is 14.0. The first-order chi connectivity index (χ1) is 15.9. The van der Waals surface area contributed by atoms with Crippen molar-refractivity contribution in [3.63, 3.8) is 0 Å². The fraction of sp³-hybridized carbons (Fsp3) is 0.120. The van der Waals surface area contributed by atoms with Crippen LogP contribution in [-0.2, 0) is 16.1 Å². The number of cyclic esters (lactones) is 1. The van der Waals surface area contributed by atoms with E-state index in [4.69, 9.17) is 14.2 Å². The highest BCUT2D eigenvalue weighted by Gasteiger charge is 2.26. The fourth-order valence-corrected chi connectivity index (χ4v) is 4.40. The van der Waals surface area contributed by atoms with Crippen molar-refractivity contribution in [2.45, 2.75) is 13.5 Å². The van der Waals surface area contributed by atoms with Gasteiger partial charge in [-0.05, 0) is 83.1 Å². The van der Waals surface area contributed by atoms with Crippen molar-refractivity contribution in [3.8, 4) is 11.5 Å². The molecule has 0 spiro atoms. The molecule has 33 heavy (non-hydrogen) atoms. The average molecular weight is 622 g/mol. The van der Waals surface area contributed by atoms with E-state index in [1.165, 1.54) is 12.1 Å². The Bertz CT molecular complexity index is 1280. The number of carbonyl (C=O) groups is 1. The van der Waals surface area contributed by atoms with Crippen LogP contribution in [0.15, 0.2) is 75.8 Å². The lowest BCUT2D eigenvalue weighted by molar-refractivity contribution is -0.129. The molecule has 4 rings (SSSR count). The van der Waals surface area contributed by atoms with Crippen LogP contribution in [0.3, 0.4) is 0 Å². The predicted octanol–water partition coefficient (Wildman–Crippen LogP) is 6.52. The number of carbonyl (C=O) groups excluding carboxylic acids is 1. The Labute approximate surface area is 212 Å². The summed E-state index contributed by atoms with van der Waals surface area (Å²) in [6.45, 7) is 2.70. The van der Waals surface area contributed by atoms with Gasteiger partial charge in [-0.3, -0.25) is 0 Å². The molecule has 0 saturated heterocycles. The number of ether oxygens (including phenoxy) is 3. The van der Waals surface area contributed by atoms with Crippen LogP contribution in [0.4, 0.5) is 4.39 Å². The summed E-state index contributed by atoms with van der Waals surface area (Å²) in [6.07, 6.45) is 1.58. The van der Waals surface area contributed by atoms with Gasteiger partial charge in [0.15, 0.2) is 17.2 Å². The summed E-state index contributed by atoms with van der Waals surface area (Å²) in [5.74, 6) is -0.0419. The first kappa shape index (κ1) is 23.4. The third kappa shape index (κ3) is 5.62. The molecule has 0 unspecified atom stereocenters. The van der Waals surface area contributed by atoms with Gasteiger partial charge in [0.1, 0.15) is 12.4 Å². The number of hydrogen-bond donors (Lipinski definition) is 0. The Kier molecular flexibility index (Phi) is 7.44. The van der Waals surface area contributed by atoms with Gasteiger partial charge in [-0.2, -0.15) is 0 Å². The number of halogens is 3. The molecular weight excluding hydrogens is 604 g/mol. The van der Waals surface area contributed by atoms with Gasteiger partial charge in [-0.15, -0.1) is 0 Å². The van der Waals surface area contributed by atoms with Gasteiger partial charge in [-0.1, -0.05) is 40.2 Å². The Morgan fingerprint density at radius 2 is 1.94 bits per heavy atom. The molecule has 1 aliphatic rings. The SMILES string of the molecule is CCOc1cc(/C=C2\N=C(c3ccccc3F)OC2=O)cc(I)c1OCc1cccc(Br)c1. The lowest BCUT2D eigenvalue weighted by Crippen LogP contribution is -2.07. The van der Waals surface area contributed by atoms with Gasteiger partial charge >= 0.3 is 5.97 Å². The first-order valence-corrected chi connectivity index (χ1v) is 11.9. The Hall–Kier alpha value is -2.72. The Balaban J connectivity index is 1.62. The van der Waals surface area contributed by atoms with Gasteiger partial charge in [-0.25, -0.2) is 14.2 Å². The summed E-state index contributed by atoms with van der Waals surface area (Å²) in [7, 11) is 0. The van der Waals surface area contributed by atoms with Crippen LogP contribution in [0, 0.1) is 9.39 Å². The molecule has 0 amide bonds. The molecule has 0 aliphatic carbocycles. The lowest BCUT2D eigenvalue weighted by Gasteiger charge is -2.15. The van der Waals surface area contributed by atoms with Gasteiger partial charge in [0, 0.05) is 4.47 Å². The maximum Gasteiger partial charge on any atom is 0.363 e. The summed E-state index contributed by atoms with van der Waals surface area (Å²) >= 11 is 5.63. The van der Waals surface area contributed by atoms with E-state index in [1.807, 2.05) is 37.3 Å². The van der Waals surface area contributed by atoms with Crippen LogP contribution >= 0.6 is 38.5 Å². The molecule has 168 valence electrons. The van der Waals surface area contributed by atoms with E-state index in [2.05, 4.69) is 43.5 Å². The number of hydrogen-bond acceptors (Lipinski definition) is 5. The van der Waals surface area contributed by atoms with Gasteiger partial charge < -0.3 is 14.2 Å². The molecule has 0 saturated carbocycles. The summed E-state index contributed by atoms with van der Waals surface area (Å²) < 4.78 is 32.9. The summed E-state index contributed by atoms with van der Waals surface area (Å²) in [6, 6.07) is 17.5. The third-order valence-corrected chi connectivity index (χ3v) is 5.93. The average Bonchev–Trinajstić information content (AvgIpc) is 3.13. The largest absolute Gasteiger partial charge is 0.490 e. The van der Waals surface area contributed by atoms with Crippen molar-refractivity contribution in [1.29, 1.82) is 0 Å². The zero-order chi connectivity index (χ0) is 23.4. The quantitative estimate of drug-likeness (QED) is 0.171. The minimum atomic E-state index is -0.642. The molecule has 0 atom stereocenters. The van der Waals surface area contributed by atoms with Crippen molar-refractivity contribution < 1.29 is 23.4 Å². The molecule has 0 bridgehead atoms. The van der Waals surface area contributed by atoms with Gasteiger partial charge in [0.25, 0.3) is 0 Å². The van der Waals surface area contributed by atoms with Crippen LogP contribution in [-0.4, -0.2) is 18.5 Å². The molecule has 1 aliphatic heterocycles. The fourth-order valence-electron chi connectivity index (χ4n) is 3.17. The van der Waals surface area contributed by atoms with Gasteiger partial charge in [0.2, 0.25) is 5.90 Å². The lowest BCUT2D eigenvalue weighted by atomic mass is 10.1. The third-order valence-electron chi connectivity index (χ3n) is 4.63. The molecule has 0 aromatic heterocycles. The summed E-state index contributed by atoms with van der Waals surface area (Å²) in [5.41, 5.74) is 1.91. The highest BCUT2D eigenvalue weighted by molar-refractivity contribution is 14.1. The number of benzene rings is 3. The normalized spacial score (nSPS) is 14.2. The molecule has 3 aromatic rings. The second-order valence-electron chi connectivity index (χ2n) is 7.00. The zero-order valence-electron chi connectivity index (χ0n) is 17.5. The highest BCUT2D eigenvalue weighted by atomic mass is 127. The van der Waals surface area contributed by atoms with Crippen molar-refractivity contribution in [1.82, 2.24) is 0 Å². The van der Waals surface area contributed by atoms with Gasteiger partial charge in [0.05, 0.1) is 15.7 Å². The number of esters is 1. The van der Waals surface area contributed by atoms with Crippen LogP contribution in [0.5, 0.6) is 11.5 Å². The molecule has 3 aromatic carbocycles. The van der Waals surface area contributed by atoms with Crippen LogP contribution in [0.1, 0.15) is 23.6 Å². The van der Waals surface area contributed by atoms with Crippen molar-refractivity contribution in [2.24, 2.45) is 4.99 Å². The van der Waals surface area contributed by atoms with Crippen LogP contribution < -0.4 is 9.47 Å². The first-order valence-electron chi connectivity index (χ1n) is 10.1. The van der Waals surface area contributed by atoms with Crippen molar-refractivity contribution >= 4 is 56.5 Å². The summed E-state index contributed by atoms with van der Waals surface area (Å²) in [4.78, 5) is 16.5. The Morgan fingerprint density at radius 1 is 1.12 bits per heavy atom. The van der Waals surface area contributed by atoms with Crippen molar-refractivity contribution in [2.75, 3.05) is 6.61 Å². The molecule has 0 N–H and O–H groups in total. The van der Waals surface area contributed by atoms with Crippen molar-refractivity contribution in [3.05, 3.63) is 96.9 Å². The highest BCUT2D eigenvalue weighted by Crippen LogP contribution is 2.36. The van der Waals surface area contributed by atoms with E-state index >= 15 is 0 Å². The molecule has 1 heterocycles. The summed E-state index contributed by atoms with van der Waals surface area (Å²) in [5, 5.41) is 0.